The maximum Gasteiger partial charge on any atom is 0.333 e. The molecule has 1 saturated heterocycles. The zero-order chi connectivity index (χ0) is 16.4. The van der Waals surface area contributed by atoms with Crippen LogP contribution >= 0.6 is 0 Å². The number of likely N-dealkylation sites (tertiary alicyclic amines) is 1. The fourth-order valence-corrected chi connectivity index (χ4v) is 3.63. The molecule has 2 rings (SSSR count). The Hall–Kier alpha value is -1.63. The zero-order valence-corrected chi connectivity index (χ0v) is 14.2. The molecular formula is C15H27N5O2. The number of rotatable bonds is 5. The molecule has 22 heavy (non-hydrogen) atoms. The Bertz CT molecular complexity index is 532. The van der Waals surface area contributed by atoms with Gasteiger partial charge in [-0.15, -0.1) is 0 Å². The van der Waals surface area contributed by atoms with Crippen LogP contribution < -0.4 is 5.32 Å². The van der Waals surface area contributed by atoms with E-state index in [4.69, 9.17) is 0 Å². The minimum atomic E-state index is -0.359. The topological polar surface area (TPSA) is 76.2 Å². The molecule has 1 aromatic rings. The lowest BCUT2D eigenvalue weighted by atomic mass is 9.92. The fourth-order valence-electron chi connectivity index (χ4n) is 3.63. The fraction of sp³-hybridized carbons (Fsp3) is 0.800. The van der Waals surface area contributed by atoms with Crippen molar-refractivity contribution >= 4 is 11.5 Å². The van der Waals surface area contributed by atoms with Gasteiger partial charge in [-0.1, -0.05) is 13.8 Å². The molecule has 3 atom stereocenters. The third-order valence-electron chi connectivity index (χ3n) is 4.23. The number of hydrogen-bond donors (Lipinski definition) is 1. The number of anilines is 1. The summed E-state index contributed by atoms with van der Waals surface area (Å²) in [4.78, 5) is 13.3. The van der Waals surface area contributed by atoms with E-state index < -0.39 is 0 Å². The van der Waals surface area contributed by atoms with E-state index in [0.717, 1.165) is 19.6 Å². The van der Waals surface area contributed by atoms with Crippen LogP contribution in [0.3, 0.4) is 0 Å². The van der Waals surface area contributed by atoms with E-state index in [9.17, 15) is 10.1 Å². The molecule has 0 bridgehead atoms. The Morgan fingerprint density at radius 2 is 2.00 bits per heavy atom. The Balaban J connectivity index is 2.03. The second-order valence-electron chi connectivity index (χ2n) is 6.87. The van der Waals surface area contributed by atoms with E-state index in [1.165, 1.54) is 6.42 Å². The van der Waals surface area contributed by atoms with Gasteiger partial charge in [0.15, 0.2) is 0 Å². The highest BCUT2D eigenvalue weighted by Gasteiger charge is 2.27. The average Bonchev–Trinajstić information content (AvgIpc) is 2.62. The quantitative estimate of drug-likeness (QED) is 0.667. The first-order chi connectivity index (χ1) is 10.3. The summed E-state index contributed by atoms with van der Waals surface area (Å²) in [5.41, 5.74) is 0.525. The number of hydrogen-bond acceptors (Lipinski definition) is 5. The van der Waals surface area contributed by atoms with Gasteiger partial charge in [0, 0.05) is 32.7 Å². The molecule has 1 aliphatic rings. The van der Waals surface area contributed by atoms with Crippen molar-refractivity contribution in [2.24, 2.45) is 18.9 Å². The highest BCUT2D eigenvalue weighted by molar-refractivity contribution is 5.59. The van der Waals surface area contributed by atoms with Crippen molar-refractivity contribution in [3.05, 3.63) is 15.8 Å². The van der Waals surface area contributed by atoms with E-state index in [1.807, 2.05) is 0 Å². The first-order valence-electron chi connectivity index (χ1n) is 7.94. The van der Waals surface area contributed by atoms with Crippen molar-refractivity contribution in [3.8, 4) is 0 Å². The molecule has 0 amide bonds. The molecule has 0 aliphatic carbocycles. The Morgan fingerprint density at radius 3 is 2.55 bits per heavy atom. The van der Waals surface area contributed by atoms with E-state index in [1.54, 1.807) is 18.7 Å². The predicted molar refractivity (Wildman–Crippen MR) is 87.1 cm³/mol. The van der Waals surface area contributed by atoms with Crippen LogP contribution in [0.15, 0.2) is 0 Å². The summed E-state index contributed by atoms with van der Waals surface area (Å²) in [7, 11) is 1.74. The minimum absolute atomic E-state index is 0.0785. The highest BCUT2D eigenvalue weighted by Crippen LogP contribution is 2.28. The smallest absolute Gasteiger partial charge is 0.333 e. The molecule has 0 aromatic carbocycles. The van der Waals surface area contributed by atoms with Crippen LogP contribution in [0.5, 0.6) is 0 Å². The normalized spacial score (nSPS) is 24.2. The molecule has 2 heterocycles. The number of nitro groups is 1. The van der Waals surface area contributed by atoms with Gasteiger partial charge in [-0.05, 0) is 32.1 Å². The van der Waals surface area contributed by atoms with Gasteiger partial charge in [-0.3, -0.25) is 10.1 Å². The number of nitrogens with zero attached hydrogens (tertiary/aromatic N) is 4. The molecule has 1 aromatic heterocycles. The van der Waals surface area contributed by atoms with Gasteiger partial charge < -0.3 is 10.2 Å². The number of nitrogens with one attached hydrogen (secondary N) is 1. The molecule has 3 unspecified atom stereocenters. The average molecular weight is 309 g/mol. The van der Waals surface area contributed by atoms with Crippen LogP contribution in [-0.2, 0) is 7.05 Å². The maximum absolute atomic E-state index is 11.2. The summed E-state index contributed by atoms with van der Waals surface area (Å²) in [5, 5.41) is 18.6. The summed E-state index contributed by atoms with van der Waals surface area (Å²) in [6, 6.07) is 0.131. The molecule has 0 spiro atoms. The summed E-state index contributed by atoms with van der Waals surface area (Å²) in [6.45, 7) is 11.4. The minimum Gasteiger partial charge on any atom is -0.361 e. The SMILES string of the molecule is Cc1nn(C)c(NC(C)CN2CC(C)CC(C)C2)c1[N+](=O)[O-]. The lowest BCUT2D eigenvalue weighted by Crippen LogP contribution is -2.43. The van der Waals surface area contributed by atoms with Crippen molar-refractivity contribution in [2.75, 3.05) is 25.0 Å². The third kappa shape index (κ3) is 3.76. The first kappa shape index (κ1) is 16.7. The van der Waals surface area contributed by atoms with Crippen LogP contribution in [0.4, 0.5) is 11.5 Å². The maximum atomic E-state index is 11.2. The van der Waals surface area contributed by atoms with E-state index >= 15 is 0 Å². The molecule has 7 heteroatoms. The van der Waals surface area contributed by atoms with Crippen LogP contribution in [-0.4, -0.2) is 45.3 Å². The number of aryl methyl sites for hydroxylation is 2. The van der Waals surface area contributed by atoms with Gasteiger partial charge in [-0.2, -0.15) is 5.10 Å². The van der Waals surface area contributed by atoms with Gasteiger partial charge in [0.05, 0.1) is 4.92 Å². The lowest BCUT2D eigenvalue weighted by Gasteiger charge is -2.36. The molecular weight excluding hydrogens is 282 g/mol. The summed E-state index contributed by atoms with van der Waals surface area (Å²) < 4.78 is 1.56. The van der Waals surface area contributed by atoms with Crippen molar-refractivity contribution in [2.45, 2.75) is 40.2 Å². The van der Waals surface area contributed by atoms with E-state index in [2.05, 4.69) is 36.1 Å². The van der Waals surface area contributed by atoms with Crippen molar-refractivity contribution in [3.63, 3.8) is 0 Å². The standard InChI is InChI=1S/C15H27N5O2/c1-10-6-11(2)8-19(7-10)9-12(3)16-15-14(20(21)22)13(4)17-18(15)5/h10-12,16H,6-9H2,1-5H3. The van der Waals surface area contributed by atoms with Gasteiger partial charge in [0.2, 0.25) is 5.82 Å². The van der Waals surface area contributed by atoms with Gasteiger partial charge >= 0.3 is 5.69 Å². The number of aromatic nitrogens is 2. The molecule has 1 fully saturated rings. The van der Waals surface area contributed by atoms with Gasteiger partial charge in [0.25, 0.3) is 0 Å². The van der Waals surface area contributed by atoms with E-state index in [-0.39, 0.29) is 16.7 Å². The van der Waals surface area contributed by atoms with E-state index in [0.29, 0.717) is 23.3 Å². The van der Waals surface area contributed by atoms with Gasteiger partial charge in [-0.25, -0.2) is 4.68 Å². The first-order valence-corrected chi connectivity index (χ1v) is 7.94. The lowest BCUT2D eigenvalue weighted by molar-refractivity contribution is -0.384. The third-order valence-corrected chi connectivity index (χ3v) is 4.23. The summed E-state index contributed by atoms with van der Waals surface area (Å²) in [5.74, 6) is 1.92. The second-order valence-corrected chi connectivity index (χ2v) is 6.87. The highest BCUT2D eigenvalue weighted by atomic mass is 16.6. The van der Waals surface area contributed by atoms with Crippen LogP contribution in [0.25, 0.3) is 0 Å². The molecule has 1 aliphatic heterocycles. The van der Waals surface area contributed by atoms with Crippen molar-refractivity contribution < 1.29 is 4.92 Å². The molecule has 1 N–H and O–H groups in total. The van der Waals surface area contributed by atoms with Crippen LogP contribution in [0, 0.1) is 28.9 Å². The van der Waals surface area contributed by atoms with Crippen molar-refractivity contribution in [1.82, 2.24) is 14.7 Å². The summed E-state index contributed by atoms with van der Waals surface area (Å²) in [6.07, 6.45) is 1.28. The Morgan fingerprint density at radius 1 is 1.41 bits per heavy atom. The second kappa shape index (κ2) is 6.64. The Kier molecular flexibility index (Phi) is 5.05. The number of piperidine rings is 1. The zero-order valence-electron chi connectivity index (χ0n) is 14.2. The molecule has 124 valence electrons. The molecule has 7 nitrogen and oxygen atoms in total. The predicted octanol–water partition coefficient (Wildman–Crippen LogP) is 2.42. The molecule has 0 saturated carbocycles. The van der Waals surface area contributed by atoms with Gasteiger partial charge in [0.1, 0.15) is 5.69 Å². The summed E-state index contributed by atoms with van der Waals surface area (Å²) >= 11 is 0. The molecule has 0 radical (unpaired) electrons. The largest absolute Gasteiger partial charge is 0.361 e. The van der Waals surface area contributed by atoms with Crippen LogP contribution in [0.2, 0.25) is 0 Å². The monoisotopic (exact) mass is 309 g/mol. The Labute approximate surface area is 131 Å². The van der Waals surface area contributed by atoms with Crippen molar-refractivity contribution in [1.29, 1.82) is 0 Å². The van der Waals surface area contributed by atoms with Crippen LogP contribution in [0.1, 0.15) is 32.9 Å².